The van der Waals surface area contributed by atoms with Crippen molar-refractivity contribution in [3.63, 3.8) is 0 Å². The van der Waals surface area contributed by atoms with Crippen LogP contribution in [0.4, 0.5) is 18.0 Å². The minimum absolute atomic E-state index is 0.116. The summed E-state index contributed by atoms with van der Waals surface area (Å²) in [5.41, 5.74) is 0.525. The monoisotopic (exact) mass is 932 g/mol. The van der Waals surface area contributed by atoms with E-state index in [-0.39, 0.29) is 25.9 Å². The Hall–Kier alpha value is -5.16. The lowest BCUT2D eigenvalue weighted by molar-refractivity contribution is -0.175. The first-order chi connectivity index (χ1) is 30.0. The number of carbonyl (C=O) groups is 5. The molecule has 13 nitrogen and oxygen atoms in total. The molecule has 2 aliphatic rings. The first-order valence-corrected chi connectivity index (χ1v) is 22.8. The van der Waals surface area contributed by atoms with Crippen molar-refractivity contribution in [2.75, 3.05) is 13.7 Å². The topological polar surface area (TPSA) is 177 Å². The van der Waals surface area contributed by atoms with Gasteiger partial charge in [0.2, 0.25) is 17.7 Å². The van der Waals surface area contributed by atoms with Gasteiger partial charge in [0.05, 0.1) is 23.8 Å². The molecular weight excluding hydrogens is 877 g/mol. The van der Waals surface area contributed by atoms with E-state index >= 15 is 4.79 Å². The Balaban J connectivity index is 1.54. The van der Waals surface area contributed by atoms with Crippen LogP contribution in [0.2, 0.25) is 5.02 Å². The smallest absolute Gasteiger partial charge is 0.452 e. The Morgan fingerprint density at radius 3 is 2.00 bits per heavy atom. The summed E-state index contributed by atoms with van der Waals surface area (Å²) in [7, 11) is -1.81. The number of ether oxygens (including phenoxy) is 2. The number of thiol groups is 1. The molecular formula is C46H56ClF3N4O9S. The van der Waals surface area contributed by atoms with Gasteiger partial charge in [-0.2, -0.15) is 13.2 Å². The number of benzene rings is 3. The summed E-state index contributed by atoms with van der Waals surface area (Å²) in [6.07, 6.45) is -3.95. The molecule has 2 fully saturated rings. The number of alkyl carbamates (subject to hydrolysis) is 1. The highest BCUT2D eigenvalue weighted by molar-refractivity contribution is 7.72. The van der Waals surface area contributed by atoms with Gasteiger partial charge in [-0.3, -0.25) is 19.2 Å². The van der Waals surface area contributed by atoms with Crippen molar-refractivity contribution in [2.45, 2.75) is 120 Å². The fourth-order valence-electron chi connectivity index (χ4n) is 8.53. The third-order valence-electron chi connectivity index (χ3n) is 11.8. The molecule has 5 rings (SSSR count). The second-order valence-corrected chi connectivity index (χ2v) is 19.4. The Kier molecular flexibility index (Phi) is 16.2. The van der Waals surface area contributed by atoms with Crippen LogP contribution in [-0.4, -0.2) is 86.5 Å². The molecule has 0 radical (unpaired) electrons. The number of likely N-dealkylation sites (tertiary alicyclic amines) is 1. The molecule has 1 heterocycles. The van der Waals surface area contributed by atoms with Crippen molar-refractivity contribution in [3.05, 3.63) is 100 Å². The summed E-state index contributed by atoms with van der Waals surface area (Å²) in [5, 5.41) is 7.11. The lowest BCUT2D eigenvalue weighted by Crippen LogP contribution is -2.58. The summed E-state index contributed by atoms with van der Waals surface area (Å²) in [5.74, 6) is -6.00. The van der Waals surface area contributed by atoms with Gasteiger partial charge in [0.25, 0.3) is 5.78 Å². The predicted molar refractivity (Wildman–Crippen MR) is 234 cm³/mol. The number of rotatable bonds is 16. The van der Waals surface area contributed by atoms with Gasteiger partial charge in [-0.1, -0.05) is 86.8 Å². The number of nitrogens with zero attached hydrogens (tertiary/aromatic N) is 1. The van der Waals surface area contributed by atoms with Crippen LogP contribution in [0.25, 0.3) is 0 Å². The molecule has 1 aliphatic heterocycles. The maximum absolute atomic E-state index is 15.2. The molecule has 0 bridgehead atoms. The number of carbonyl (C=O) groups excluding carboxylic acids is 5. The maximum atomic E-state index is 15.2. The van der Waals surface area contributed by atoms with Crippen molar-refractivity contribution in [1.29, 1.82) is 0 Å². The number of alkyl halides is 3. The number of methoxy groups -OCH3 is 1. The normalized spacial score (nSPS) is 18.8. The Bertz CT molecular complexity index is 2220. The lowest BCUT2D eigenvalue weighted by Gasteiger charge is -2.34. The first kappa shape index (κ1) is 49.8. The third kappa shape index (κ3) is 12.3. The highest BCUT2D eigenvalue weighted by Crippen LogP contribution is 2.42. The molecule has 0 spiro atoms. The Labute approximate surface area is 378 Å². The molecule has 5 atom stereocenters. The van der Waals surface area contributed by atoms with Crippen LogP contribution >= 0.6 is 11.6 Å². The Morgan fingerprint density at radius 2 is 1.47 bits per heavy atom. The van der Waals surface area contributed by atoms with E-state index in [1.807, 2.05) is 0 Å². The number of hydrogen-bond donors (Lipinski definition) is 4. The zero-order chi connectivity index (χ0) is 47.1. The van der Waals surface area contributed by atoms with Crippen LogP contribution in [0.15, 0.2) is 72.8 Å². The molecule has 1 aliphatic carbocycles. The van der Waals surface area contributed by atoms with E-state index in [9.17, 15) is 40.8 Å². The van der Waals surface area contributed by atoms with Gasteiger partial charge in [0.1, 0.15) is 34.1 Å². The van der Waals surface area contributed by atoms with Crippen molar-refractivity contribution in [3.8, 4) is 5.75 Å². The standard InChI is InChI=1S/C46H56ClF3N4O9S/c1-27(2)37(39(55)46(48,49)50)53-40(56)36-24-31(38(64(60)61)30-13-19-34(62-6)20-14-30)26-54(36)41(57)35(23-28-9-11-29(12-10-28)25-51-43(59)63-44(3,4)5)52-42(58)45(21-7-8-22-45)32-15-17-33(47)18-16-32/h9-20,27,31,35-38,64H,7-8,21-26H2,1-6H3,(H,51,59)(H,52,58)(H,53,56)/t31-,35+,36+,37+,38?/m1/s1. The molecule has 348 valence electrons. The SMILES string of the molecule is COc1ccc(C([C@@H]2C[C@@H](C(=O)N[C@H](C(=O)C(F)(F)F)C(C)C)N(C(=O)[C@H](Cc3ccc(CNC(=O)OC(C)(C)C)cc3)NC(=O)C3(c4ccc(Cl)cc4)CCCC3)C2)[SH](=O)=O)cc1. The number of nitrogens with one attached hydrogen (secondary N) is 3. The van der Waals surface area contributed by atoms with Crippen molar-refractivity contribution in [2.24, 2.45) is 11.8 Å². The van der Waals surface area contributed by atoms with E-state index in [0.29, 0.717) is 45.9 Å². The Morgan fingerprint density at radius 1 is 0.875 bits per heavy atom. The molecule has 1 unspecified atom stereocenters. The highest BCUT2D eigenvalue weighted by atomic mass is 35.5. The molecule has 3 N–H and O–H groups in total. The maximum Gasteiger partial charge on any atom is 0.452 e. The van der Waals surface area contributed by atoms with Gasteiger partial charge >= 0.3 is 12.3 Å². The molecule has 18 heteroatoms. The molecule has 0 aromatic heterocycles. The average Bonchev–Trinajstić information content (AvgIpc) is 3.91. The van der Waals surface area contributed by atoms with Crippen LogP contribution in [0.5, 0.6) is 5.75 Å². The van der Waals surface area contributed by atoms with Crippen LogP contribution in [-0.2, 0) is 53.0 Å². The van der Waals surface area contributed by atoms with Crippen LogP contribution in [0, 0.1) is 11.8 Å². The number of halogens is 4. The van der Waals surface area contributed by atoms with Crippen LogP contribution < -0.4 is 20.7 Å². The van der Waals surface area contributed by atoms with Crippen molar-refractivity contribution >= 4 is 51.9 Å². The first-order valence-electron chi connectivity index (χ1n) is 21.1. The second-order valence-electron chi connectivity index (χ2n) is 17.8. The van der Waals surface area contributed by atoms with E-state index in [1.165, 1.54) is 21.0 Å². The van der Waals surface area contributed by atoms with Crippen molar-refractivity contribution < 1.29 is 55.0 Å². The van der Waals surface area contributed by atoms with Gasteiger partial charge in [-0.25, -0.2) is 13.2 Å². The molecule has 3 aromatic carbocycles. The van der Waals surface area contributed by atoms with Gasteiger partial charge in [-0.05, 0) is 98.4 Å². The lowest BCUT2D eigenvalue weighted by atomic mass is 9.77. The zero-order valence-corrected chi connectivity index (χ0v) is 38.3. The minimum atomic E-state index is -5.28. The number of ketones is 1. The van der Waals surface area contributed by atoms with E-state index in [2.05, 4.69) is 16.0 Å². The van der Waals surface area contributed by atoms with E-state index in [1.54, 1.807) is 93.6 Å². The molecule has 1 saturated heterocycles. The molecule has 4 amide bonds. The van der Waals surface area contributed by atoms with Gasteiger partial charge in [-0.15, -0.1) is 0 Å². The second kappa shape index (κ2) is 20.8. The molecule has 64 heavy (non-hydrogen) atoms. The predicted octanol–water partition coefficient (Wildman–Crippen LogP) is 6.75. The van der Waals surface area contributed by atoms with Gasteiger partial charge < -0.3 is 30.3 Å². The van der Waals surface area contributed by atoms with E-state index in [4.69, 9.17) is 21.1 Å². The van der Waals surface area contributed by atoms with Crippen LogP contribution in [0.3, 0.4) is 0 Å². The average molecular weight is 933 g/mol. The fraction of sp³-hybridized carbons (Fsp3) is 0.500. The number of amides is 4. The minimum Gasteiger partial charge on any atom is -0.497 e. The summed E-state index contributed by atoms with van der Waals surface area (Å²) >= 11 is 6.21. The van der Waals surface area contributed by atoms with Crippen LogP contribution in [0.1, 0.15) is 94.2 Å². The highest BCUT2D eigenvalue weighted by Gasteiger charge is 2.50. The molecule has 1 saturated carbocycles. The fourth-order valence-corrected chi connectivity index (χ4v) is 9.63. The summed E-state index contributed by atoms with van der Waals surface area (Å²) in [4.78, 5) is 70.1. The van der Waals surface area contributed by atoms with Crippen molar-refractivity contribution in [1.82, 2.24) is 20.9 Å². The summed E-state index contributed by atoms with van der Waals surface area (Å²) in [6, 6.07) is 15.0. The van der Waals surface area contributed by atoms with Gasteiger partial charge in [0.15, 0.2) is 0 Å². The zero-order valence-electron chi connectivity index (χ0n) is 36.6. The molecule has 3 aromatic rings. The summed E-state index contributed by atoms with van der Waals surface area (Å²) in [6.45, 7) is 7.67. The quantitative estimate of drug-likeness (QED) is 0.113. The number of hydrogen-bond acceptors (Lipinski definition) is 9. The largest absolute Gasteiger partial charge is 0.497 e. The third-order valence-corrected chi connectivity index (χ3v) is 13.2. The van der Waals surface area contributed by atoms with E-state index < -0.39 is 92.7 Å². The summed E-state index contributed by atoms with van der Waals surface area (Å²) < 4.78 is 77.9. The van der Waals surface area contributed by atoms with Gasteiger partial charge in [0, 0.05) is 24.5 Å². The number of Topliss-reactive ketones (excluding diaryl/α,β-unsaturated/α-hetero) is 1. The van der Waals surface area contributed by atoms with E-state index in [0.717, 1.165) is 17.7 Å².